The lowest BCUT2D eigenvalue weighted by molar-refractivity contribution is -0.143. The van der Waals surface area contributed by atoms with E-state index in [4.69, 9.17) is 20.2 Å². The van der Waals surface area contributed by atoms with E-state index in [1.807, 2.05) is 25.1 Å². The molecule has 34 heavy (non-hydrogen) atoms. The predicted molar refractivity (Wildman–Crippen MR) is 138 cm³/mol. The van der Waals surface area contributed by atoms with E-state index in [0.717, 1.165) is 40.5 Å². The minimum Gasteiger partial charge on any atom is -0.493 e. The third kappa shape index (κ3) is 6.87. The zero-order valence-electron chi connectivity index (χ0n) is 20.5. The maximum atomic E-state index is 11.6. The van der Waals surface area contributed by atoms with Crippen LogP contribution in [0.3, 0.4) is 0 Å². The van der Waals surface area contributed by atoms with E-state index in [9.17, 15) is 4.79 Å². The van der Waals surface area contributed by atoms with Gasteiger partial charge in [0.1, 0.15) is 11.6 Å². The number of ether oxygens (including phenoxy) is 2. The summed E-state index contributed by atoms with van der Waals surface area (Å²) >= 11 is 1.73. The number of aryl methyl sites for hydroxylation is 1. The topological polar surface area (TPSA) is 79.4 Å². The van der Waals surface area contributed by atoms with Crippen LogP contribution in [0.4, 0.5) is 0 Å². The molecule has 0 aliphatic heterocycles. The van der Waals surface area contributed by atoms with E-state index in [1.54, 1.807) is 18.7 Å². The van der Waals surface area contributed by atoms with Gasteiger partial charge in [-0.25, -0.2) is 4.98 Å². The second-order valence-electron chi connectivity index (χ2n) is 8.29. The highest BCUT2D eigenvalue weighted by atomic mass is 32.2. The van der Waals surface area contributed by atoms with Crippen molar-refractivity contribution in [1.82, 2.24) is 9.55 Å². The van der Waals surface area contributed by atoms with Gasteiger partial charge in [-0.3, -0.25) is 4.79 Å². The van der Waals surface area contributed by atoms with Crippen LogP contribution in [0, 0.1) is 13.8 Å². The van der Waals surface area contributed by atoms with Gasteiger partial charge in [0, 0.05) is 27.8 Å². The molecule has 182 valence electrons. The number of imidazole rings is 1. The van der Waals surface area contributed by atoms with Crippen LogP contribution >= 0.6 is 11.8 Å². The molecule has 0 radical (unpaired) electrons. The Morgan fingerprint density at radius 2 is 1.88 bits per heavy atom. The van der Waals surface area contributed by atoms with Crippen LogP contribution in [-0.4, -0.2) is 41.0 Å². The molecule has 6 nitrogen and oxygen atoms in total. The third-order valence-corrected chi connectivity index (χ3v) is 6.56. The van der Waals surface area contributed by atoms with Crippen LogP contribution in [0.25, 0.3) is 11.4 Å². The summed E-state index contributed by atoms with van der Waals surface area (Å²) in [4.78, 5) is 17.7. The summed E-state index contributed by atoms with van der Waals surface area (Å²) in [5, 5.41) is 0. The Labute approximate surface area is 206 Å². The van der Waals surface area contributed by atoms with Crippen molar-refractivity contribution in [2.24, 2.45) is 5.73 Å². The SMILES string of the molecule is CCOC(=O)C[C@H](N)CCCOc1ccccc1Cn1c(-c2ccc(SC)cc2)nc(C)c1C. The molecule has 0 saturated heterocycles. The minimum absolute atomic E-state index is 0.213. The molecule has 0 aliphatic rings. The van der Waals surface area contributed by atoms with Gasteiger partial charge in [-0.05, 0) is 58.1 Å². The highest BCUT2D eigenvalue weighted by Gasteiger charge is 2.15. The number of para-hydroxylation sites is 1. The number of thioether (sulfide) groups is 1. The maximum absolute atomic E-state index is 11.6. The van der Waals surface area contributed by atoms with Crippen LogP contribution < -0.4 is 10.5 Å². The van der Waals surface area contributed by atoms with E-state index in [2.05, 4.69) is 48.1 Å². The largest absolute Gasteiger partial charge is 0.493 e. The van der Waals surface area contributed by atoms with Gasteiger partial charge in [-0.1, -0.05) is 30.3 Å². The average molecular weight is 482 g/mol. The fourth-order valence-corrected chi connectivity index (χ4v) is 4.23. The molecule has 2 aromatic carbocycles. The van der Waals surface area contributed by atoms with Crippen molar-refractivity contribution >= 4 is 17.7 Å². The van der Waals surface area contributed by atoms with E-state index >= 15 is 0 Å². The van der Waals surface area contributed by atoms with Gasteiger partial charge in [0.25, 0.3) is 0 Å². The lowest BCUT2D eigenvalue weighted by atomic mass is 10.1. The van der Waals surface area contributed by atoms with E-state index in [-0.39, 0.29) is 18.4 Å². The number of nitrogens with two attached hydrogens (primary N) is 1. The molecular weight excluding hydrogens is 446 g/mol. The molecule has 2 N–H and O–H groups in total. The summed E-state index contributed by atoms with van der Waals surface area (Å²) in [5.41, 5.74) is 10.4. The molecular formula is C27H35N3O3S. The summed E-state index contributed by atoms with van der Waals surface area (Å²) in [6.45, 7) is 7.55. The number of benzene rings is 2. The van der Waals surface area contributed by atoms with Crippen LogP contribution in [0.5, 0.6) is 5.75 Å². The molecule has 0 unspecified atom stereocenters. The quantitative estimate of drug-likeness (QED) is 0.213. The van der Waals surface area contributed by atoms with Crippen molar-refractivity contribution in [1.29, 1.82) is 0 Å². The Balaban J connectivity index is 1.68. The molecule has 3 rings (SSSR count). The molecule has 0 amide bonds. The summed E-state index contributed by atoms with van der Waals surface area (Å²) < 4.78 is 13.3. The second-order valence-corrected chi connectivity index (χ2v) is 9.17. The maximum Gasteiger partial charge on any atom is 0.307 e. The first-order valence-corrected chi connectivity index (χ1v) is 13.0. The standard InChI is InChI=1S/C27H35N3O3S/c1-5-32-26(31)17-23(28)10-8-16-33-25-11-7-6-9-22(25)18-30-20(3)19(2)29-27(30)21-12-14-24(34-4)15-13-21/h6-7,9,11-15,23H,5,8,10,16-18,28H2,1-4H3/t23-/m1/s1. The summed E-state index contributed by atoms with van der Waals surface area (Å²) in [7, 11) is 0. The average Bonchev–Trinajstić information content (AvgIpc) is 3.11. The predicted octanol–water partition coefficient (Wildman–Crippen LogP) is 5.38. The lowest BCUT2D eigenvalue weighted by Crippen LogP contribution is -2.25. The monoisotopic (exact) mass is 481 g/mol. The molecule has 3 aromatic rings. The first kappa shape index (κ1) is 25.8. The highest BCUT2D eigenvalue weighted by molar-refractivity contribution is 7.98. The fourth-order valence-electron chi connectivity index (χ4n) is 3.82. The molecule has 0 aliphatic carbocycles. The van der Waals surface area contributed by atoms with E-state index in [1.165, 1.54) is 4.90 Å². The van der Waals surface area contributed by atoms with Gasteiger partial charge in [0.2, 0.25) is 0 Å². The number of carbonyl (C=O) groups is 1. The molecule has 0 fully saturated rings. The number of hydrogen-bond acceptors (Lipinski definition) is 6. The van der Waals surface area contributed by atoms with Gasteiger partial charge < -0.3 is 19.8 Å². The van der Waals surface area contributed by atoms with Gasteiger partial charge in [0.05, 0.1) is 31.9 Å². The van der Waals surface area contributed by atoms with Crippen LogP contribution in [-0.2, 0) is 16.1 Å². The number of aromatic nitrogens is 2. The normalized spacial score (nSPS) is 11.9. The zero-order chi connectivity index (χ0) is 24.5. The molecule has 0 bridgehead atoms. The first-order valence-electron chi connectivity index (χ1n) is 11.7. The lowest BCUT2D eigenvalue weighted by Gasteiger charge is -2.16. The number of hydrogen-bond donors (Lipinski definition) is 1. The number of rotatable bonds is 12. The van der Waals surface area contributed by atoms with Gasteiger partial charge in [0.15, 0.2) is 0 Å². The summed E-state index contributed by atoms with van der Waals surface area (Å²) in [6.07, 6.45) is 3.79. The molecule has 0 spiro atoms. The van der Waals surface area contributed by atoms with Crippen molar-refractivity contribution in [3.05, 3.63) is 65.5 Å². The van der Waals surface area contributed by atoms with E-state index in [0.29, 0.717) is 26.2 Å². The smallest absolute Gasteiger partial charge is 0.307 e. The van der Waals surface area contributed by atoms with E-state index < -0.39 is 0 Å². The molecule has 1 heterocycles. The number of nitrogens with zero attached hydrogens (tertiary/aromatic N) is 2. The van der Waals surface area contributed by atoms with Gasteiger partial charge in [-0.2, -0.15) is 0 Å². The first-order chi connectivity index (χ1) is 16.4. The summed E-state index contributed by atoms with van der Waals surface area (Å²) in [6, 6.07) is 16.4. The Bertz CT molecular complexity index is 1080. The molecule has 1 aromatic heterocycles. The second kappa shape index (κ2) is 12.6. The van der Waals surface area contributed by atoms with Crippen molar-refractivity contribution in [3.8, 4) is 17.1 Å². The Kier molecular flexibility index (Phi) is 9.60. The molecule has 7 heteroatoms. The van der Waals surface area contributed by atoms with Gasteiger partial charge >= 0.3 is 5.97 Å². The van der Waals surface area contributed by atoms with Crippen molar-refractivity contribution < 1.29 is 14.3 Å². The third-order valence-electron chi connectivity index (χ3n) is 5.82. The molecule has 0 saturated carbocycles. The fraction of sp³-hybridized carbons (Fsp3) is 0.407. The van der Waals surface area contributed by atoms with Gasteiger partial charge in [-0.15, -0.1) is 11.8 Å². The van der Waals surface area contributed by atoms with Crippen LogP contribution in [0.1, 0.15) is 43.1 Å². The molecule has 1 atom stereocenters. The van der Waals surface area contributed by atoms with Crippen molar-refractivity contribution in [3.63, 3.8) is 0 Å². The number of carbonyl (C=O) groups excluding carboxylic acids is 1. The van der Waals surface area contributed by atoms with Crippen molar-refractivity contribution in [2.75, 3.05) is 19.5 Å². The Morgan fingerprint density at radius 3 is 2.59 bits per heavy atom. The minimum atomic E-state index is -0.244. The Morgan fingerprint density at radius 1 is 1.15 bits per heavy atom. The van der Waals surface area contributed by atoms with Crippen LogP contribution in [0.2, 0.25) is 0 Å². The summed E-state index contributed by atoms with van der Waals surface area (Å²) in [5.74, 6) is 1.57. The Hall–Kier alpha value is -2.77. The zero-order valence-corrected chi connectivity index (χ0v) is 21.4. The number of esters is 1. The van der Waals surface area contributed by atoms with Crippen LogP contribution in [0.15, 0.2) is 53.4 Å². The highest BCUT2D eigenvalue weighted by Crippen LogP contribution is 2.28. The van der Waals surface area contributed by atoms with Crippen molar-refractivity contribution in [2.45, 2.75) is 57.5 Å².